The van der Waals surface area contributed by atoms with Gasteiger partial charge in [0.2, 0.25) is 0 Å². The summed E-state index contributed by atoms with van der Waals surface area (Å²) in [7, 11) is 3.86. The van der Waals surface area contributed by atoms with E-state index in [0.29, 0.717) is 12.6 Å². The van der Waals surface area contributed by atoms with Crippen LogP contribution in [0.4, 0.5) is 0 Å². The zero-order chi connectivity index (χ0) is 10.5. The lowest BCUT2D eigenvalue weighted by Gasteiger charge is -2.29. The van der Waals surface area contributed by atoms with Crippen molar-refractivity contribution in [3.8, 4) is 0 Å². The highest BCUT2D eigenvalue weighted by Crippen LogP contribution is 2.13. The molecule has 13 heavy (non-hydrogen) atoms. The molecule has 1 unspecified atom stereocenters. The Morgan fingerprint density at radius 3 is 2.38 bits per heavy atom. The van der Waals surface area contributed by atoms with Crippen molar-refractivity contribution in [1.82, 2.24) is 4.90 Å². The summed E-state index contributed by atoms with van der Waals surface area (Å²) in [6.45, 7) is 8.09. The van der Waals surface area contributed by atoms with Crippen molar-refractivity contribution in [2.24, 2.45) is 5.73 Å². The molecule has 0 aliphatic rings. The molecule has 0 aromatic rings. The van der Waals surface area contributed by atoms with Crippen LogP contribution in [0.15, 0.2) is 0 Å². The molecule has 2 N–H and O–H groups in total. The Morgan fingerprint density at radius 2 is 2.00 bits per heavy atom. The number of ether oxygens (including phenoxy) is 1. The normalized spacial score (nSPS) is 15.0. The Balaban J connectivity index is 3.75. The van der Waals surface area contributed by atoms with Gasteiger partial charge in [-0.2, -0.15) is 0 Å². The Kier molecular flexibility index (Phi) is 5.53. The van der Waals surface area contributed by atoms with Crippen molar-refractivity contribution < 1.29 is 4.74 Å². The minimum Gasteiger partial charge on any atom is -0.379 e. The maximum absolute atomic E-state index is 5.57. The Labute approximate surface area is 82.2 Å². The lowest BCUT2D eigenvalue weighted by Crippen LogP contribution is -2.38. The smallest absolute Gasteiger partial charge is 0.0634 e. The number of hydrogen-bond acceptors (Lipinski definition) is 3. The average Bonchev–Trinajstić information content (AvgIpc) is 2.13. The van der Waals surface area contributed by atoms with E-state index in [1.165, 1.54) is 0 Å². The van der Waals surface area contributed by atoms with Gasteiger partial charge in [-0.15, -0.1) is 0 Å². The summed E-state index contributed by atoms with van der Waals surface area (Å²) < 4.78 is 5.34. The molecule has 0 fully saturated rings. The van der Waals surface area contributed by atoms with Crippen molar-refractivity contribution >= 4 is 0 Å². The topological polar surface area (TPSA) is 38.5 Å². The largest absolute Gasteiger partial charge is 0.379 e. The van der Waals surface area contributed by atoms with Crippen molar-refractivity contribution in [3.63, 3.8) is 0 Å². The molecule has 0 heterocycles. The summed E-state index contributed by atoms with van der Waals surface area (Å²) in [4.78, 5) is 2.26. The monoisotopic (exact) mass is 188 g/mol. The van der Waals surface area contributed by atoms with Crippen molar-refractivity contribution in [3.05, 3.63) is 0 Å². The minimum atomic E-state index is -0.0252. The Hall–Kier alpha value is -0.120. The molecule has 0 radical (unpaired) electrons. The number of nitrogens with zero attached hydrogens (tertiary/aromatic N) is 1. The fourth-order valence-electron chi connectivity index (χ4n) is 0.948. The first kappa shape index (κ1) is 12.9. The fourth-order valence-corrected chi connectivity index (χ4v) is 0.948. The van der Waals surface area contributed by atoms with E-state index in [0.717, 1.165) is 13.0 Å². The number of methoxy groups -OCH3 is 1. The SMILES string of the molecule is COC(C)(C)CCN(C)C(C)CN. The molecular formula is C10H24N2O. The second kappa shape index (κ2) is 5.58. The molecule has 0 aliphatic heterocycles. The average molecular weight is 188 g/mol. The molecule has 0 saturated heterocycles. The van der Waals surface area contributed by atoms with Gasteiger partial charge in [0.15, 0.2) is 0 Å². The fraction of sp³-hybridized carbons (Fsp3) is 1.00. The van der Waals surface area contributed by atoms with Crippen LogP contribution in [-0.4, -0.2) is 43.8 Å². The first-order valence-electron chi connectivity index (χ1n) is 4.88. The maximum Gasteiger partial charge on any atom is 0.0634 e. The Morgan fingerprint density at radius 1 is 1.46 bits per heavy atom. The number of hydrogen-bond donors (Lipinski definition) is 1. The predicted octanol–water partition coefficient (Wildman–Crippen LogP) is 1.08. The quantitative estimate of drug-likeness (QED) is 0.678. The van der Waals surface area contributed by atoms with E-state index in [1.807, 2.05) is 0 Å². The third-order valence-electron chi connectivity index (χ3n) is 2.71. The predicted molar refractivity (Wildman–Crippen MR) is 56.9 cm³/mol. The highest BCUT2D eigenvalue weighted by molar-refractivity contribution is 4.72. The van der Waals surface area contributed by atoms with Gasteiger partial charge in [-0.25, -0.2) is 0 Å². The van der Waals surface area contributed by atoms with E-state index in [4.69, 9.17) is 10.5 Å². The molecule has 0 saturated carbocycles. The van der Waals surface area contributed by atoms with Gasteiger partial charge in [0.1, 0.15) is 0 Å². The summed E-state index contributed by atoms with van der Waals surface area (Å²) in [5.41, 5.74) is 5.55. The molecule has 0 aromatic heterocycles. The van der Waals surface area contributed by atoms with Crippen molar-refractivity contribution in [2.45, 2.75) is 38.8 Å². The van der Waals surface area contributed by atoms with Gasteiger partial charge in [0.25, 0.3) is 0 Å². The highest BCUT2D eigenvalue weighted by atomic mass is 16.5. The summed E-state index contributed by atoms with van der Waals surface area (Å²) in [5.74, 6) is 0. The van der Waals surface area contributed by atoms with Crippen LogP contribution in [0.5, 0.6) is 0 Å². The third-order valence-corrected chi connectivity index (χ3v) is 2.71. The van der Waals surface area contributed by atoms with Gasteiger partial charge in [-0.3, -0.25) is 0 Å². The van der Waals surface area contributed by atoms with Crippen LogP contribution in [0.3, 0.4) is 0 Å². The zero-order valence-electron chi connectivity index (χ0n) is 9.63. The van der Waals surface area contributed by atoms with Crippen LogP contribution < -0.4 is 5.73 Å². The molecule has 0 spiro atoms. The molecule has 0 amide bonds. The van der Waals surface area contributed by atoms with E-state index in [2.05, 4.69) is 32.7 Å². The molecule has 0 bridgehead atoms. The van der Waals surface area contributed by atoms with Crippen LogP contribution in [0, 0.1) is 0 Å². The molecule has 80 valence electrons. The van der Waals surface area contributed by atoms with Gasteiger partial charge in [0.05, 0.1) is 5.60 Å². The van der Waals surface area contributed by atoms with Crippen LogP contribution in [-0.2, 0) is 4.74 Å². The van der Waals surface area contributed by atoms with Crippen molar-refractivity contribution in [2.75, 3.05) is 27.2 Å². The van der Waals surface area contributed by atoms with E-state index < -0.39 is 0 Å². The molecule has 1 atom stereocenters. The van der Waals surface area contributed by atoms with Crippen LogP contribution in [0.2, 0.25) is 0 Å². The summed E-state index contributed by atoms with van der Waals surface area (Å²) in [5, 5.41) is 0. The number of likely N-dealkylation sites (N-methyl/N-ethyl adjacent to an activating group) is 1. The minimum absolute atomic E-state index is 0.0252. The van der Waals surface area contributed by atoms with Crippen LogP contribution in [0.25, 0.3) is 0 Å². The van der Waals surface area contributed by atoms with Gasteiger partial charge in [-0.1, -0.05) is 0 Å². The number of nitrogens with two attached hydrogens (primary N) is 1. The van der Waals surface area contributed by atoms with Crippen LogP contribution >= 0.6 is 0 Å². The van der Waals surface area contributed by atoms with Gasteiger partial charge in [-0.05, 0) is 34.2 Å². The third kappa shape index (κ3) is 5.24. The van der Waals surface area contributed by atoms with E-state index in [1.54, 1.807) is 7.11 Å². The maximum atomic E-state index is 5.57. The first-order valence-corrected chi connectivity index (χ1v) is 4.88. The second-order valence-corrected chi connectivity index (χ2v) is 4.28. The molecular weight excluding hydrogens is 164 g/mol. The standard InChI is InChI=1S/C10H24N2O/c1-9(8-11)12(4)7-6-10(2,3)13-5/h9H,6-8,11H2,1-5H3. The highest BCUT2D eigenvalue weighted by Gasteiger charge is 2.17. The molecule has 3 heteroatoms. The lowest BCUT2D eigenvalue weighted by molar-refractivity contribution is 0.00711. The summed E-state index contributed by atoms with van der Waals surface area (Å²) in [6.07, 6.45) is 1.03. The zero-order valence-corrected chi connectivity index (χ0v) is 9.63. The molecule has 0 aliphatic carbocycles. The molecule has 3 nitrogen and oxygen atoms in total. The second-order valence-electron chi connectivity index (χ2n) is 4.28. The van der Waals surface area contributed by atoms with Gasteiger partial charge < -0.3 is 15.4 Å². The Bertz CT molecular complexity index is 137. The van der Waals surface area contributed by atoms with E-state index in [-0.39, 0.29) is 5.60 Å². The first-order chi connectivity index (χ1) is 5.93. The van der Waals surface area contributed by atoms with Gasteiger partial charge >= 0.3 is 0 Å². The van der Waals surface area contributed by atoms with E-state index >= 15 is 0 Å². The van der Waals surface area contributed by atoms with Crippen molar-refractivity contribution in [1.29, 1.82) is 0 Å². The van der Waals surface area contributed by atoms with E-state index in [9.17, 15) is 0 Å². The van der Waals surface area contributed by atoms with Crippen LogP contribution in [0.1, 0.15) is 27.2 Å². The summed E-state index contributed by atoms with van der Waals surface area (Å²) in [6, 6.07) is 0.452. The summed E-state index contributed by atoms with van der Waals surface area (Å²) >= 11 is 0. The lowest BCUT2D eigenvalue weighted by atomic mass is 10.0. The molecule has 0 aromatic carbocycles. The molecule has 0 rings (SSSR count). The van der Waals surface area contributed by atoms with Gasteiger partial charge in [0, 0.05) is 26.2 Å². The number of rotatable bonds is 6.